The van der Waals surface area contributed by atoms with E-state index in [1.807, 2.05) is 24.3 Å². The Hall–Kier alpha value is -2.14. The SMILES string of the molecule is NC(=O)CC(=O)c1ccc(Oc2ccc(Br)cc2)cc1. The summed E-state index contributed by atoms with van der Waals surface area (Å²) < 4.78 is 6.60. The molecule has 0 saturated carbocycles. The van der Waals surface area contributed by atoms with E-state index in [-0.39, 0.29) is 12.2 Å². The molecular weight excluding hydrogens is 322 g/mol. The minimum Gasteiger partial charge on any atom is -0.457 e. The van der Waals surface area contributed by atoms with Gasteiger partial charge in [-0.3, -0.25) is 9.59 Å². The number of nitrogens with two attached hydrogens (primary N) is 1. The number of carbonyl (C=O) groups excluding carboxylic acids is 2. The highest BCUT2D eigenvalue weighted by atomic mass is 79.9. The van der Waals surface area contributed by atoms with E-state index in [4.69, 9.17) is 10.5 Å². The number of carbonyl (C=O) groups is 2. The van der Waals surface area contributed by atoms with E-state index in [0.717, 1.165) is 4.47 Å². The van der Waals surface area contributed by atoms with Crippen molar-refractivity contribution in [3.8, 4) is 11.5 Å². The Morgan fingerprint density at radius 3 is 1.95 bits per heavy atom. The predicted molar refractivity (Wildman–Crippen MR) is 78.8 cm³/mol. The zero-order chi connectivity index (χ0) is 14.5. The third kappa shape index (κ3) is 3.93. The van der Waals surface area contributed by atoms with Crippen molar-refractivity contribution >= 4 is 27.6 Å². The Kier molecular flexibility index (Phi) is 4.53. The highest BCUT2D eigenvalue weighted by Crippen LogP contribution is 2.23. The molecule has 0 aliphatic heterocycles. The molecule has 0 radical (unpaired) electrons. The molecule has 0 fully saturated rings. The number of primary amides is 1. The maximum atomic E-state index is 11.6. The molecular formula is C15H12BrNO3. The van der Waals surface area contributed by atoms with Crippen LogP contribution in [0.25, 0.3) is 0 Å². The molecule has 2 aromatic rings. The van der Waals surface area contributed by atoms with Crippen LogP contribution in [0.2, 0.25) is 0 Å². The van der Waals surface area contributed by atoms with Crippen LogP contribution >= 0.6 is 15.9 Å². The van der Waals surface area contributed by atoms with E-state index in [1.54, 1.807) is 24.3 Å². The summed E-state index contributed by atoms with van der Waals surface area (Å²) in [5.41, 5.74) is 5.42. The first-order valence-electron chi connectivity index (χ1n) is 5.89. The molecule has 2 rings (SSSR count). The van der Waals surface area contributed by atoms with Gasteiger partial charge in [-0.25, -0.2) is 0 Å². The fourth-order valence-electron chi connectivity index (χ4n) is 1.61. The van der Waals surface area contributed by atoms with Gasteiger partial charge < -0.3 is 10.5 Å². The molecule has 0 unspecified atom stereocenters. The van der Waals surface area contributed by atoms with Gasteiger partial charge in [-0.05, 0) is 48.5 Å². The van der Waals surface area contributed by atoms with E-state index in [9.17, 15) is 9.59 Å². The minimum absolute atomic E-state index is 0.285. The Morgan fingerprint density at radius 1 is 0.950 bits per heavy atom. The lowest BCUT2D eigenvalue weighted by molar-refractivity contribution is -0.117. The molecule has 4 nitrogen and oxygen atoms in total. The number of rotatable bonds is 5. The summed E-state index contributed by atoms with van der Waals surface area (Å²) >= 11 is 3.35. The number of benzene rings is 2. The molecule has 0 aliphatic rings. The monoisotopic (exact) mass is 333 g/mol. The van der Waals surface area contributed by atoms with Crippen LogP contribution < -0.4 is 10.5 Å². The summed E-state index contributed by atoms with van der Waals surface area (Å²) in [6, 6.07) is 14.0. The number of Topliss-reactive ketones (excluding diaryl/α,β-unsaturated/α-hetero) is 1. The Balaban J connectivity index is 2.06. The first-order valence-corrected chi connectivity index (χ1v) is 6.69. The van der Waals surface area contributed by atoms with Gasteiger partial charge in [0.2, 0.25) is 5.91 Å². The summed E-state index contributed by atoms with van der Waals surface area (Å²) in [6.07, 6.45) is -0.285. The van der Waals surface area contributed by atoms with Crippen molar-refractivity contribution in [3.63, 3.8) is 0 Å². The van der Waals surface area contributed by atoms with Crippen molar-refractivity contribution in [2.24, 2.45) is 5.73 Å². The van der Waals surface area contributed by atoms with Gasteiger partial charge in [-0.2, -0.15) is 0 Å². The van der Waals surface area contributed by atoms with E-state index < -0.39 is 5.91 Å². The summed E-state index contributed by atoms with van der Waals surface area (Å²) in [5.74, 6) is 0.380. The lowest BCUT2D eigenvalue weighted by Gasteiger charge is -2.06. The average molecular weight is 334 g/mol. The second kappa shape index (κ2) is 6.34. The molecule has 102 valence electrons. The molecule has 0 saturated heterocycles. The van der Waals surface area contributed by atoms with Gasteiger partial charge in [-0.1, -0.05) is 15.9 Å². The fourth-order valence-corrected chi connectivity index (χ4v) is 1.87. The van der Waals surface area contributed by atoms with Crippen molar-refractivity contribution in [2.45, 2.75) is 6.42 Å². The highest BCUT2D eigenvalue weighted by molar-refractivity contribution is 9.10. The first kappa shape index (κ1) is 14.3. The minimum atomic E-state index is -0.634. The van der Waals surface area contributed by atoms with Crippen LogP contribution in [0.5, 0.6) is 11.5 Å². The Bertz CT molecular complexity index is 621. The van der Waals surface area contributed by atoms with Crippen molar-refractivity contribution in [3.05, 3.63) is 58.6 Å². The van der Waals surface area contributed by atoms with E-state index in [0.29, 0.717) is 17.1 Å². The van der Waals surface area contributed by atoms with Gasteiger partial charge in [0.1, 0.15) is 11.5 Å². The van der Waals surface area contributed by atoms with E-state index >= 15 is 0 Å². The maximum absolute atomic E-state index is 11.6. The maximum Gasteiger partial charge on any atom is 0.225 e. The van der Waals surface area contributed by atoms with Gasteiger partial charge in [-0.15, -0.1) is 0 Å². The van der Waals surface area contributed by atoms with Gasteiger partial charge >= 0.3 is 0 Å². The number of halogens is 1. The average Bonchev–Trinajstić information content (AvgIpc) is 2.41. The smallest absolute Gasteiger partial charge is 0.225 e. The molecule has 0 aliphatic carbocycles. The topological polar surface area (TPSA) is 69.4 Å². The predicted octanol–water partition coefficient (Wildman–Crippen LogP) is 3.30. The van der Waals surface area contributed by atoms with Gasteiger partial charge in [0, 0.05) is 10.0 Å². The normalized spacial score (nSPS) is 10.1. The van der Waals surface area contributed by atoms with Crippen LogP contribution in [-0.4, -0.2) is 11.7 Å². The van der Waals surface area contributed by atoms with Crippen molar-refractivity contribution in [1.82, 2.24) is 0 Å². The van der Waals surface area contributed by atoms with Crippen LogP contribution in [0.1, 0.15) is 16.8 Å². The van der Waals surface area contributed by atoms with Crippen molar-refractivity contribution < 1.29 is 14.3 Å². The largest absolute Gasteiger partial charge is 0.457 e. The standard InChI is InChI=1S/C15H12BrNO3/c16-11-3-7-13(8-4-11)20-12-5-1-10(2-6-12)14(18)9-15(17)19/h1-8H,9H2,(H2,17,19). The van der Waals surface area contributed by atoms with Gasteiger partial charge in [0.15, 0.2) is 5.78 Å². The van der Waals surface area contributed by atoms with Crippen LogP contribution in [0, 0.1) is 0 Å². The van der Waals surface area contributed by atoms with Crippen molar-refractivity contribution in [1.29, 1.82) is 0 Å². The summed E-state index contributed by atoms with van der Waals surface area (Å²) in [7, 11) is 0. The quantitative estimate of drug-likeness (QED) is 0.674. The Labute approximate surface area is 124 Å². The van der Waals surface area contributed by atoms with E-state index in [2.05, 4.69) is 15.9 Å². The van der Waals surface area contributed by atoms with E-state index in [1.165, 1.54) is 0 Å². The molecule has 0 spiro atoms. The Morgan fingerprint density at radius 2 is 1.45 bits per heavy atom. The number of ether oxygens (including phenoxy) is 1. The lowest BCUT2D eigenvalue weighted by Crippen LogP contribution is -2.16. The molecule has 0 atom stereocenters. The third-order valence-corrected chi connectivity index (χ3v) is 3.09. The number of hydrogen-bond donors (Lipinski definition) is 1. The first-order chi connectivity index (χ1) is 9.54. The van der Waals surface area contributed by atoms with Crippen LogP contribution in [0.4, 0.5) is 0 Å². The number of amides is 1. The molecule has 0 heterocycles. The molecule has 1 amide bonds. The second-order valence-corrected chi connectivity index (χ2v) is 5.06. The lowest BCUT2D eigenvalue weighted by atomic mass is 10.1. The molecule has 2 aromatic carbocycles. The molecule has 2 N–H and O–H groups in total. The number of hydrogen-bond acceptors (Lipinski definition) is 3. The summed E-state index contributed by atoms with van der Waals surface area (Å²) in [4.78, 5) is 22.3. The van der Waals surface area contributed by atoms with Gasteiger partial charge in [0.25, 0.3) is 0 Å². The highest BCUT2D eigenvalue weighted by Gasteiger charge is 2.09. The summed E-state index contributed by atoms with van der Waals surface area (Å²) in [6.45, 7) is 0. The van der Waals surface area contributed by atoms with Crippen LogP contribution in [-0.2, 0) is 4.79 Å². The van der Waals surface area contributed by atoms with Gasteiger partial charge in [0.05, 0.1) is 6.42 Å². The molecule has 5 heteroatoms. The molecule has 0 aromatic heterocycles. The molecule has 20 heavy (non-hydrogen) atoms. The summed E-state index contributed by atoms with van der Waals surface area (Å²) in [5, 5.41) is 0. The zero-order valence-electron chi connectivity index (χ0n) is 10.5. The third-order valence-electron chi connectivity index (χ3n) is 2.56. The fraction of sp³-hybridized carbons (Fsp3) is 0.0667. The second-order valence-electron chi connectivity index (χ2n) is 4.15. The van der Waals surface area contributed by atoms with Crippen LogP contribution in [0.15, 0.2) is 53.0 Å². The number of ketones is 1. The zero-order valence-corrected chi connectivity index (χ0v) is 12.1. The van der Waals surface area contributed by atoms with Crippen LogP contribution in [0.3, 0.4) is 0 Å². The molecule has 0 bridgehead atoms. The van der Waals surface area contributed by atoms with Crippen molar-refractivity contribution in [2.75, 3.05) is 0 Å².